The SMILES string of the molecule is COC(=O)c1coc(S(=O)(=O)N2CCCCC2CN)c1. The highest BCUT2D eigenvalue weighted by molar-refractivity contribution is 7.89. The van der Waals surface area contributed by atoms with Gasteiger partial charge in [-0.25, -0.2) is 13.2 Å². The quantitative estimate of drug-likeness (QED) is 0.816. The van der Waals surface area contributed by atoms with Crippen LogP contribution in [-0.2, 0) is 14.8 Å². The van der Waals surface area contributed by atoms with Crippen LogP contribution < -0.4 is 5.73 Å². The highest BCUT2D eigenvalue weighted by atomic mass is 32.2. The first-order valence-electron chi connectivity index (χ1n) is 6.39. The minimum atomic E-state index is -3.77. The van der Waals surface area contributed by atoms with Crippen molar-refractivity contribution >= 4 is 16.0 Å². The zero-order valence-electron chi connectivity index (χ0n) is 11.2. The van der Waals surface area contributed by atoms with E-state index in [0.29, 0.717) is 6.54 Å². The minimum Gasteiger partial charge on any atom is -0.465 e. The number of nitrogens with two attached hydrogens (primary N) is 1. The van der Waals surface area contributed by atoms with Crippen molar-refractivity contribution in [2.24, 2.45) is 5.73 Å². The fourth-order valence-electron chi connectivity index (χ4n) is 2.32. The first kappa shape index (κ1) is 15.0. The minimum absolute atomic E-state index is 0.0763. The Kier molecular flexibility index (Phi) is 4.46. The molecule has 2 N–H and O–H groups in total. The van der Waals surface area contributed by atoms with E-state index >= 15 is 0 Å². The summed E-state index contributed by atoms with van der Waals surface area (Å²) in [6, 6.07) is 0.962. The van der Waals surface area contributed by atoms with Crippen molar-refractivity contribution in [3.63, 3.8) is 0 Å². The molecule has 1 atom stereocenters. The molecule has 1 aliphatic rings. The first-order valence-corrected chi connectivity index (χ1v) is 7.83. The molecule has 1 unspecified atom stereocenters. The Morgan fingerprint density at radius 3 is 2.95 bits per heavy atom. The lowest BCUT2D eigenvalue weighted by molar-refractivity contribution is 0.0600. The lowest BCUT2D eigenvalue weighted by atomic mass is 10.1. The number of esters is 1. The average molecular weight is 302 g/mol. The largest absolute Gasteiger partial charge is 0.465 e. The van der Waals surface area contributed by atoms with E-state index in [1.165, 1.54) is 17.5 Å². The van der Waals surface area contributed by atoms with Gasteiger partial charge < -0.3 is 14.9 Å². The smallest absolute Gasteiger partial charge is 0.341 e. The van der Waals surface area contributed by atoms with Gasteiger partial charge in [0.25, 0.3) is 10.0 Å². The van der Waals surface area contributed by atoms with E-state index in [-0.39, 0.29) is 23.2 Å². The molecule has 8 heteroatoms. The molecule has 20 heavy (non-hydrogen) atoms. The van der Waals surface area contributed by atoms with Gasteiger partial charge in [0.1, 0.15) is 6.26 Å². The van der Waals surface area contributed by atoms with Crippen molar-refractivity contribution in [3.8, 4) is 0 Å². The van der Waals surface area contributed by atoms with Crippen molar-refractivity contribution in [3.05, 3.63) is 17.9 Å². The molecule has 1 fully saturated rings. The fraction of sp³-hybridized carbons (Fsp3) is 0.583. The van der Waals surface area contributed by atoms with E-state index in [1.807, 2.05) is 0 Å². The number of carbonyl (C=O) groups excluding carboxylic acids is 1. The summed E-state index contributed by atoms with van der Waals surface area (Å²) in [5.74, 6) is -0.635. The lowest BCUT2D eigenvalue weighted by Gasteiger charge is -2.32. The normalized spacial score (nSPS) is 20.8. The molecule has 2 heterocycles. The standard InChI is InChI=1S/C12H18N2O5S/c1-18-12(15)9-6-11(19-8-9)20(16,17)14-5-3-2-4-10(14)7-13/h6,8,10H,2-5,7,13H2,1H3. The molecular weight excluding hydrogens is 284 g/mol. The van der Waals surface area contributed by atoms with Gasteiger partial charge in [-0.2, -0.15) is 4.31 Å². The molecule has 1 saturated heterocycles. The number of furan rings is 1. The third-order valence-corrected chi connectivity index (χ3v) is 5.23. The van der Waals surface area contributed by atoms with Gasteiger partial charge >= 0.3 is 5.97 Å². The lowest BCUT2D eigenvalue weighted by Crippen LogP contribution is -2.47. The van der Waals surface area contributed by atoms with E-state index in [0.717, 1.165) is 25.5 Å². The average Bonchev–Trinajstić information content (AvgIpc) is 2.97. The van der Waals surface area contributed by atoms with E-state index in [1.54, 1.807) is 0 Å². The fourth-order valence-corrected chi connectivity index (χ4v) is 3.95. The summed E-state index contributed by atoms with van der Waals surface area (Å²) < 4.78 is 35.9. The molecule has 0 bridgehead atoms. The van der Waals surface area contributed by atoms with Crippen LogP contribution in [0.4, 0.5) is 0 Å². The summed E-state index contributed by atoms with van der Waals surface area (Å²) in [6.07, 6.45) is 3.57. The van der Waals surface area contributed by atoms with Crippen LogP contribution in [0.15, 0.2) is 21.8 Å². The van der Waals surface area contributed by atoms with Gasteiger partial charge in [-0.15, -0.1) is 0 Å². The molecule has 0 aromatic carbocycles. The Labute approximate surface area is 117 Å². The maximum absolute atomic E-state index is 12.5. The summed E-state index contributed by atoms with van der Waals surface area (Å²) in [5, 5.41) is -0.252. The van der Waals surface area contributed by atoms with Crippen molar-refractivity contribution in [1.82, 2.24) is 4.31 Å². The maximum atomic E-state index is 12.5. The zero-order chi connectivity index (χ0) is 14.8. The Morgan fingerprint density at radius 2 is 2.30 bits per heavy atom. The number of piperidine rings is 1. The number of rotatable bonds is 4. The third-order valence-electron chi connectivity index (χ3n) is 3.40. The van der Waals surface area contributed by atoms with Crippen LogP contribution in [-0.4, -0.2) is 44.9 Å². The Balaban J connectivity index is 2.29. The van der Waals surface area contributed by atoms with Gasteiger partial charge in [0.15, 0.2) is 0 Å². The topological polar surface area (TPSA) is 103 Å². The molecule has 2 rings (SSSR count). The second-order valence-electron chi connectivity index (χ2n) is 4.65. The molecule has 0 aliphatic carbocycles. The second-order valence-corrected chi connectivity index (χ2v) is 6.47. The van der Waals surface area contributed by atoms with Gasteiger partial charge in [0, 0.05) is 25.2 Å². The van der Waals surface area contributed by atoms with Gasteiger partial charge in [0.2, 0.25) is 5.09 Å². The van der Waals surface area contributed by atoms with Gasteiger partial charge in [-0.3, -0.25) is 0 Å². The molecule has 0 spiro atoms. The highest BCUT2D eigenvalue weighted by Gasteiger charge is 2.35. The van der Waals surface area contributed by atoms with Crippen molar-refractivity contribution in [2.75, 3.05) is 20.2 Å². The van der Waals surface area contributed by atoms with E-state index in [9.17, 15) is 13.2 Å². The van der Waals surface area contributed by atoms with Crippen molar-refractivity contribution in [2.45, 2.75) is 30.4 Å². The molecule has 112 valence electrons. The van der Waals surface area contributed by atoms with E-state index in [4.69, 9.17) is 10.2 Å². The monoisotopic (exact) mass is 302 g/mol. The number of hydrogen-bond donors (Lipinski definition) is 1. The van der Waals surface area contributed by atoms with Crippen LogP contribution in [0.1, 0.15) is 29.6 Å². The first-order chi connectivity index (χ1) is 9.50. The van der Waals surface area contributed by atoms with Crippen molar-refractivity contribution in [1.29, 1.82) is 0 Å². The number of carbonyl (C=O) groups is 1. The number of ether oxygens (including phenoxy) is 1. The summed E-state index contributed by atoms with van der Waals surface area (Å²) >= 11 is 0. The second kappa shape index (κ2) is 5.94. The summed E-state index contributed by atoms with van der Waals surface area (Å²) in [4.78, 5) is 11.3. The molecule has 0 radical (unpaired) electrons. The van der Waals surface area contributed by atoms with Crippen LogP contribution in [0.25, 0.3) is 0 Å². The van der Waals surface area contributed by atoms with Gasteiger partial charge in [-0.1, -0.05) is 6.42 Å². The van der Waals surface area contributed by atoms with Gasteiger partial charge in [0.05, 0.1) is 12.7 Å². The predicted octanol–water partition coefficient (Wildman–Crippen LogP) is 0.568. The summed E-state index contributed by atoms with van der Waals surface area (Å²) in [7, 11) is -2.54. The Hall–Kier alpha value is -1.38. The van der Waals surface area contributed by atoms with E-state index < -0.39 is 16.0 Å². The molecule has 0 amide bonds. The van der Waals surface area contributed by atoms with Crippen LogP contribution in [0.2, 0.25) is 0 Å². The Bertz CT molecular complexity index is 580. The number of sulfonamides is 1. The Morgan fingerprint density at radius 1 is 1.55 bits per heavy atom. The zero-order valence-corrected chi connectivity index (χ0v) is 12.1. The van der Waals surface area contributed by atoms with Crippen LogP contribution >= 0.6 is 0 Å². The number of hydrogen-bond acceptors (Lipinski definition) is 6. The predicted molar refractivity (Wildman–Crippen MR) is 70.6 cm³/mol. The molecule has 1 aliphatic heterocycles. The molecule has 7 nitrogen and oxygen atoms in total. The number of nitrogens with zero attached hydrogens (tertiary/aromatic N) is 1. The maximum Gasteiger partial charge on any atom is 0.341 e. The van der Waals surface area contributed by atoms with Crippen molar-refractivity contribution < 1.29 is 22.4 Å². The molecule has 1 aromatic heterocycles. The van der Waals surface area contributed by atoms with Gasteiger partial charge in [-0.05, 0) is 12.8 Å². The third kappa shape index (κ3) is 2.72. The van der Waals surface area contributed by atoms with Crippen LogP contribution in [0, 0.1) is 0 Å². The summed E-state index contributed by atoms with van der Waals surface area (Å²) in [6.45, 7) is 0.683. The highest BCUT2D eigenvalue weighted by Crippen LogP contribution is 2.26. The van der Waals surface area contributed by atoms with E-state index in [2.05, 4.69) is 4.74 Å². The molecular formula is C12H18N2O5S. The molecule has 0 saturated carbocycles. The molecule has 1 aromatic rings. The summed E-state index contributed by atoms with van der Waals surface area (Å²) in [5.41, 5.74) is 5.71. The number of methoxy groups -OCH3 is 1. The van der Waals surface area contributed by atoms with Crippen LogP contribution in [0.5, 0.6) is 0 Å². The van der Waals surface area contributed by atoms with Crippen LogP contribution in [0.3, 0.4) is 0 Å².